The number of rotatable bonds is 17. The number of likely N-dealkylation sites (tertiary alicyclic amines) is 1. The quantitative estimate of drug-likeness (QED) is 0.0819. The summed E-state index contributed by atoms with van der Waals surface area (Å²) in [5, 5.41) is 9.13. The van der Waals surface area contributed by atoms with E-state index in [0.29, 0.717) is 29.9 Å². The lowest BCUT2D eigenvalue weighted by molar-refractivity contribution is -0.137. The highest BCUT2D eigenvalue weighted by Crippen LogP contribution is 2.40. The fourth-order valence-electron chi connectivity index (χ4n) is 9.95. The van der Waals surface area contributed by atoms with E-state index < -0.39 is 11.9 Å². The summed E-state index contributed by atoms with van der Waals surface area (Å²) in [7, 11) is 0. The smallest absolute Gasteiger partial charge is 0.255 e. The van der Waals surface area contributed by atoms with Gasteiger partial charge in [-0.3, -0.25) is 29.3 Å². The molecule has 18 heteroatoms. The lowest BCUT2D eigenvalue weighted by Gasteiger charge is -2.48. The van der Waals surface area contributed by atoms with Crippen LogP contribution in [0.25, 0.3) is 0 Å². The highest BCUT2D eigenvalue weighted by Gasteiger charge is 2.47. The number of imide groups is 1. The molecule has 4 fully saturated rings. The topological polar surface area (TPSA) is 212 Å². The van der Waals surface area contributed by atoms with Crippen LogP contribution in [-0.2, 0) is 27.5 Å². The van der Waals surface area contributed by atoms with Gasteiger partial charge in [0, 0.05) is 105 Å². The van der Waals surface area contributed by atoms with Crippen molar-refractivity contribution >= 4 is 58.8 Å². The van der Waals surface area contributed by atoms with Crippen molar-refractivity contribution in [1.82, 2.24) is 40.4 Å². The molecule has 352 valence electrons. The molecule has 0 radical (unpaired) electrons. The summed E-state index contributed by atoms with van der Waals surface area (Å²) in [4.78, 5) is 90.7. The normalized spacial score (nSPS) is 19.9. The summed E-state index contributed by atoms with van der Waals surface area (Å²) < 4.78 is 0. The van der Waals surface area contributed by atoms with Crippen LogP contribution in [0, 0.1) is 5.41 Å². The van der Waals surface area contributed by atoms with E-state index in [4.69, 9.17) is 5.73 Å². The number of carbonyl (C=O) groups is 5. The number of benzene rings is 2. The summed E-state index contributed by atoms with van der Waals surface area (Å²) in [6, 6.07) is 12.6. The molecular formula is C49H60N12O5S. The molecule has 0 saturated carbocycles. The molecule has 2 aromatic carbocycles. The summed E-state index contributed by atoms with van der Waals surface area (Å²) in [5.41, 5.74) is 9.74. The van der Waals surface area contributed by atoms with Crippen molar-refractivity contribution in [3.05, 3.63) is 89.5 Å². The monoisotopic (exact) mass is 928 g/mol. The van der Waals surface area contributed by atoms with E-state index in [1.807, 2.05) is 42.7 Å². The lowest BCUT2D eigenvalue weighted by Crippen LogP contribution is -2.57. The van der Waals surface area contributed by atoms with Gasteiger partial charge >= 0.3 is 0 Å². The van der Waals surface area contributed by atoms with Crippen molar-refractivity contribution in [3.8, 4) is 0 Å². The minimum Gasteiger partial charge on any atom is -0.355 e. The number of hydrogen-bond donors (Lipinski definition) is 4. The van der Waals surface area contributed by atoms with Gasteiger partial charge in [-0.25, -0.2) is 19.9 Å². The molecule has 0 aliphatic carbocycles. The molecule has 4 aromatic rings. The van der Waals surface area contributed by atoms with Crippen LogP contribution in [0.3, 0.4) is 0 Å². The SMILES string of the molecule is CC1(N)CCN(c2cnc(Sc3cccc(NC(=O)CCCCCCCN4CC5(CCN(c6ncc(C(=O)NCc7ccc8c(c7)CN(C7CCC(=O)NC7=O)C8=O)cn6)C5)C4)c3)cn2)CC1. The molecule has 1 spiro atoms. The van der Waals surface area contributed by atoms with Crippen LogP contribution in [0.1, 0.15) is 109 Å². The van der Waals surface area contributed by atoms with Gasteiger partial charge in [-0.1, -0.05) is 49.2 Å². The molecule has 5 aliphatic heterocycles. The predicted molar refractivity (Wildman–Crippen MR) is 254 cm³/mol. The standard InChI is InChI=1S/C49H60N12O5S/c1-48(50)15-19-59(20-16-48)40-27-52-43(28-51-40)67-37-9-7-8-36(23-37)56-41(62)10-5-3-2-4-6-18-58-30-49(31-58)17-21-60(32-49)47-54-25-35(26-55-47)44(64)53-24-33-11-12-38-34(22-33)29-61(46(38)66)39-13-14-42(63)57-45(39)65/h7-9,11-12,22-23,25-28,39H,2-6,10,13-21,24,29-32,50H2,1H3,(H,53,64)(H,56,62)(H,57,63,65). The second kappa shape index (κ2) is 20.1. The number of carbonyl (C=O) groups excluding carboxylic acids is 5. The van der Waals surface area contributed by atoms with Crippen LogP contribution in [0.15, 0.2) is 77.2 Å². The Hall–Kier alpha value is -5.98. The first-order valence-electron chi connectivity index (χ1n) is 23.7. The number of unbranched alkanes of at least 4 members (excludes halogenated alkanes) is 4. The maximum atomic E-state index is 13.0. The molecule has 5 N–H and O–H groups in total. The Morgan fingerprint density at radius 3 is 2.42 bits per heavy atom. The Balaban J connectivity index is 0.624. The van der Waals surface area contributed by atoms with Gasteiger partial charge in [-0.05, 0) is 87.4 Å². The van der Waals surface area contributed by atoms with Crippen molar-refractivity contribution in [2.45, 2.75) is 112 Å². The Kier molecular flexibility index (Phi) is 13.8. The number of nitrogens with one attached hydrogen (secondary N) is 3. The summed E-state index contributed by atoms with van der Waals surface area (Å²) >= 11 is 1.53. The van der Waals surface area contributed by atoms with Gasteiger partial charge in [0.2, 0.25) is 23.7 Å². The molecule has 5 aliphatic rings. The molecule has 1 unspecified atom stereocenters. The molecule has 67 heavy (non-hydrogen) atoms. The molecule has 4 saturated heterocycles. The molecule has 5 amide bonds. The Morgan fingerprint density at radius 2 is 1.64 bits per heavy atom. The predicted octanol–water partition coefficient (Wildman–Crippen LogP) is 4.92. The van der Waals surface area contributed by atoms with Crippen LogP contribution in [-0.4, -0.2) is 117 Å². The van der Waals surface area contributed by atoms with Gasteiger partial charge < -0.3 is 36.0 Å². The average Bonchev–Trinajstić information content (AvgIpc) is 3.90. The second-order valence-corrected chi connectivity index (χ2v) is 20.4. The van der Waals surface area contributed by atoms with E-state index in [2.05, 4.69) is 57.5 Å². The Bertz CT molecular complexity index is 2470. The van der Waals surface area contributed by atoms with Gasteiger partial charge in [0.1, 0.15) is 16.9 Å². The van der Waals surface area contributed by atoms with Crippen molar-refractivity contribution in [2.75, 3.05) is 60.9 Å². The summed E-state index contributed by atoms with van der Waals surface area (Å²) in [6.07, 6.45) is 16.1. The van der Waals surface area contributed by atoms with E-state index >= 15 is 0 Å². The van der Waals surface area contributed by atoms with E-state index in [0.717, 1.165) is 130 Å². The number of hydrogen-bond acceptors (Lipinski definition) is 14. The molecule has 17 nitrogen and oxygen atoms in total. The first-order valence-corrected chi connectivity index (χ1v) is 24.5. The lowest BCUT2D eigenvalue weighted by atomic mass is 9.79. The Morgan fingerprint density at radius 1 is 0.866 bits per heavy atom. The molecular weight excluding hydrogens is 869 g/mol. The fourth-order valence-corrected chi connectivity index (χ4v) is 10.7. The van der Waals surface area contributed by atoms with Crippen LogP contribution < -0.4 is 31.5 Å². The number of nitrogens with two attached hydrogens (primary N) is 1. The van der Waals surface area contributed by atoms with Crippen molar-refractivity contribution in [1.29, 1.82) is 0 Å². The maximum Gasteiger partial charge on any atom is 0.255 e. The molecule has 9 rings (SSSR count). The van der Waals surface area contributed by atoms with E-state index in [1.54, 1.807) is 24.5 Å². The van der Waals surface area contributed by atoms with Gasteiger partial charge in [0.15, 0.2) is 0 Å². The summed E-state index contributed by atoms with van der Waals surface area (Å²) in [6.45, 7) is 9.43. The van der Waals surface area contributed by atoms with Crippen LogP contribution in [0.4, 0.5) is 17.5 Å². The minimum atomic E-state index is -0.671. The number of aromatic nitrogens is 4. The zero-order valence-corrected chi connectivity index (χ0v) is 39.0. The Labute approximate surface area is 395 Å². The fraction of sp³-hybridized carbons (Fsp3) is 0.490. The zero-order valence-electron chi connectivity index (χ0n) is 38.2. The van der Waals surface area contributed by atoms with Crippen LogP contribution in [0.2, 0.25) is 0 Å². The van der Waals surface area contributed by atoms with E-state index in [9.17, 15) is 24.0 Å². The third-order valence-electron chi connectivity index (χ3n) is 13.8. The first kappa shape index (κ1) is 46.1. The molecule has 0 bridgehead atoms. The van der Waals surface area contributed by atoms with E-state index in [-0.39, 0.29) is 54.1 Å². The van der Waals surface area contributed by atoms with Crippen molar-refractivity contribution in [3.63, 3.8) is 0 Å². The zero-order chi connectivity index (χ0) is 46.5. The van der Waals surface area contributed by atoms with E-state index in [1.165, 1.54) is 16.7 Å². The van der Waals surface area contributed by atoms with Crippen molar-refractivity contribution in [2.24, 2.45) is 11.1 Å². The average molecular weight is 929 g/mol. The minimum absolute atomic E-state index is 0.0391. The number of fused-ring (bicyclic) bond motifs is 1. The number of nitrogens with zero attached hydrogens (tertiary/aromatic N) is 8. The van der Waals surface area contributed by atoms with Crippen LogP contribution in [0.5, 0.6) is 0 Å². The van der Waals surface area contributed by atoms with Gasteiger partial charge in [-0.15, -0.1) is 0 Å². The molecule has 2 aromatic heterocycles. The number of piperidine rings is 2. The number of amides is 5. The summed E-state index contributed by atoms with van der Waals surface area (Å²) in [5.74, 6) is 0.275. The second-order valence-electron chi connectivity index (χ2n) is 19.3. The maximum absolute atomic E-state index is 13.0. The van der Waals surface area contributed by atoms with Gasteiger partial charge in [0.05, 0.1) is 18.0 Å². The van der Waals surface area contributed by atoms with Gasteiger partial charge in [0.25, 0.3) is 11.8 Å². The number of anilines is 3. The third kappa shape index (κ3) is 11.2. The van der Waals surface area contributed by atoms with Crippen LogP contribution >= 0.6 is 11.8 Å². The highest BCUT2D eigenvalue weighted by molar-refractivity contribution is 7.99. The van der Waals surface area contributed by atoms with Gasteiger partial charge in [-0.2, -0.15) is 0 Å². The molecule has 7 heterocycles. The first-order chi connectivity index (χ1) is 32.4. The molecule has 1 atom stereocenters. The third-order valence-corrected chi connectivity index (χ3v) is 14.8. The van der Waals surface area contributed by atoms with Crippen molar-refractivity contribution < 1.29 is 24.0 Å². The highest BCUT2D eigenvalue weighted by atomic mass is 32.2. The largest absolute Gasteiger partial charge is 0.355 e.